The van der Waals surface area contributed by atoms with Gasteiger partial charge in [-0.2, -0.15) is 5.10 Å². The molecule has 0 amide bonds. The standard InChI is InChI=1S/C14H19N3/c1-14(2,3)13-15-12(16-17-13)10-9-11-7-5-4-6-8-11/h4-8H,9-10H2,1-3H3,(H,15,16,17). The van der Waals surface area contributed by atoms with Crippen LogP contribution in [0.5, 0.6) is 0 Å². The summed E-state index contributed by atoms with van der Waals surface area (Å²) in [5.41, 5.74) is 1.35. The molecule has 3 heteroatoms. The van der Waals surface area contributed by atoms with Crippen molar-refractivity contribution in [3.63, 3.8) is 0 Å². The number of H-pyrrole nitrogens is 1. The highest BCUT2D eigenvalue weighted by molar-refractivity contribution is 5.15. The maximum absolute atomic E-state index is 4.53. The highest BCUT2D eigenvalue weighted by Crippen LogP contribution is 2.17. The Kier molecular flexibility index (Phi) is 3.27. The van der Waals surface area contributed by atoms with Gasteiger partial charge in [-0.1, -0.05) is 51.1 Å². The van der Waals surface area contributed by atoms with E-state index < -0.39 is 0 Å². The Bertz CT molecular complexity index is 466. The molecule has 2 rings (SSSR count). The number of benzene rings is 1. The van der Waals surface area contributed by atoms with Crippen LogP contribution in [0.15, 0.2) is 30.3 Å². The van der Waals surface area contributed by atoms with Crippen LogP contribution in [0.4, 0.5) is 0 Å². The van der Waals surface area contributed by atoms with Gasteiger partial charge in [-0.3, -0.25) is 5.10 Å². The summed E-state index contributed by atoms with van der Waals surface area (Å²) in [6.07, 6.45) is 1.91. The van der Waals surface area contributed by atoms with Crippen LogP contribution in [0.25, 0.3) is 0 Å². The third kappa shape index (κ3) is 3.16. The lowest BCUT2D eigenvalue weighted by Gasteiger charge is -2.11. The van der Waals surface area contributed by atoms with E-state index in [1.807, 2.05) is 6.07 Å². The van der Waals surface area contributed by atoms with Crippen molar-refractivity contribution < 1.29 is 0 Å². The van der Waals surface area contributed by atoms with Crippen LogP contribution in [0.3, 0.4) is 0 Å². The molecule has 0 saturated heterocycles. The van der Waals surface area contributed by atoms with Gasteiger partial charge in [0, 0.05) is 11.8 Å². The Morgan fingerprint density at radius 2 is 1.76 bits per heavy atom. The minimum Gasteiger partial charge on any atom is -0.263 e. The zero-order chi connectivity index (χ0) is 12.3. The molecule has 1 N–H and O–H groups in total. The molecule has 0 spiro atoms. The summed E-state index contributed by atoms with van der Waals surface area (Å²) in [4.78, 5) is 4.53. The van der Waals surface area contributed by atoms with E-state index in [-0.39, 0.29) is 5.41 Å². The van der Waals surface area contributed by atoms with Crippen LogP contribution in [0, 0.1) is 0 Å². The van der Waals surface area contributed by atoms with Gasteiger partial charge in [0.25, 0.3) is 0 Å². The van der Waals surface area contributed by atoms with Crippen LogP contribution in [0.2, 0.25) is 0 Å². The predicted octanol–water partition coefficient (Wildman–Crippen LogP) is 2.89. The van der Waals surface area contributed by atoms with Crippen molar-refractivity contribution in [1.82, 2.24) is 15.2 Å². The van der Waals surface area contributed by atoms with Gasteiger partial charge in [-0.15, -0.1) is 0 Å². The second-order valence-electron chi connectivity index (χ2n) is 5.34. The second kappa shape index (κ2) is 4.70. The van der Waals surface area contributed by atoms with Crippen LogP contribution in [0.1, 0.15) is 38.0 Å². The van der Waals surface area contributed by atoms with Gasteiger partial charge in [0.05, 0.1) is 0 Å². The minimum absolute atomic E-state index is 0.0154. The number of aromatic amines is 1. The van der Waals surface area contributed by atoms with Gasteiger partial charge in [0.2, 0.25) is 0 Å². The summed E-state index contributed by atoms with van der Waals surface area (Å²) < 4.78 is 0. The monoisotopic (exact) mass is 229 g/mol. The predicted molar refractivity (Wildman–Crippen MR) is 68.9 cm³/mol. The summed E-state index contributed by atoms with van der Waals surface area (Å²) in [6, 6.07) is 10.4. The van der Waals surface area contributed by atoms with Crippen molar-refractivity contribution >= 4 is 0 Å². The first-order valence-electron chi connectivity index (χ1n) is 6.01. The molecule has 0 fully saturated rings. The highest BCUT2D eigenvalue weighted by atomic mass is 15.2. The van der Waals surface area contributed by atoms with E-state index in [9.17, 15) is 0 Å². The van der Waals surface area contributed by atoms with E-state index in [2.05, 4.69) is 60.2 Å². The van der Waals surface area contributed by atoms with Gasteiger partial charge < -0.3 is 0 Å². The molecule has 0 aliphatic carbocycles. The highest BCUT2D eigenvalue weighted by Gasteiger charge is 2.18. The third-order valence-electron chi connectivity index (χ3n) is 2.70. The summed E-state index contributed by atoms with van der Waals surface area (Å²) in [7, 11) is 0. The van der Waals surface area contributed by atoms with E-state index in [4.69, 9.17) is 0 Å². The first-order chi connectivity index (χ1) is 8.05. The molecular formula is C14H19N3. The molecule has 2 aromatic rings. The molecular weight excluding hydrogens is 210 g/mol. The average Bonchev–Trinajstić information content (AvgIpc) is 2.76. The molecule has 0 atom stereocenters. The molecule has 0 unspecified atom stereocenters. The Balaban J connectivity index is 1.99. The smallest absolute Gasteiger partial charge is 0.155 e. The SMILES string of the molecule is CC(C)(C)c1n[nH]c(CCc2ccccc2)n1. The molecule has 3 nitrogen and oxygen atoms in total. The van der Waals surface area contributed by atoms with Crippen LogP contribution in [-0.2, 0) is 18.3 Å². The topological polar surface area (TPSA) is 41.6 Å². The van der Waals surface area contributed by atoms with Crippen molar-refractivity contribution in [3.8, 4) is 0 Å². The molecule has 1 heterocycles. The van der Waals surface area contributed by atoms with E-state index in [0.717, 1.165) is 24.5 Å². The van der Waals surface area contributed by atoms with Gasteiger partial charge in [0.15, 0.2) is 5.82 Å². The van der Waals surface area contributed by atoms with E-state index in [1.54, 1.807) is 0 Å². The Labute approximate surface area is 102 Å². The van der Waals surface area contributed by atoms with Gasteiger partial charge in [-0.05, 0) is 12.0 Å². The number of nitrogens with one attached hydrogen (secondary N) is 1. The first-order valence-corrected chi connectivity index (χ1v) is 6.01. The van der Waals surface area contributed by atoms with Crippen molar-refractivity contribution in [2.75, 3.05) is 0 Å². The molecule has 0 aliphatic heterocycles. The number of rotatable bonds is 3. The average molecular weight is 229 g/mol. The second-order valence-corrected chi connectivity index (χ2v) is 5.34. The number of hydrogen-bond acceptors (Lipinski definition) is 2. The van der Waals surface area contributed by atoms with E-state index in [0.29, 0.717) is 0 Å². The molecule has 0 saturated carbocycles. The van der Waals surface area contributed by atoms with Gasteiger partial charge in [-0.25, -0.2) is 4.98 Å². The fourth-order valence-electron chi connectivity index (χ4n) is 1.65. The lowest BCUT2D eigenvalue weighted by Crippen LogP contribution is -2.13. The lowest BCUT2D eigenvalue weighted by atomic mass is 9.96. The van der Waals surface area contributed by atoms with E-state index >= 15 is 0 Å². The number of aryl methyl sites for hydroxylation is 2. The van der Waals surface area contributed by atoms with Crippen molar-refractivity contribution in [1.29, 1.82) is 0 Å². The van der Waals surface area contributed by atoms with Gasteiger partial charge in [0.1, 0.15) is 5.82 Å². The summed E-state index contributed by atoms with van der Waals surface area (Å²) in [6.45, 7) is 6.37. The molecule has 1 aromatic heterocycles. The van der Waals surface area contributed by atoms with Crippen LogP contribution >= 0.6 is 0 Å². The largest absolute Gasteiger partial charge is 0.263 e. The Hall–Kier alpha value is -1.64. The number of aromatic nitrogens is 3. The van der Waals surface area contributed by atoms with Crippen LogP contribution in [-0.4, -0.2) is 15.2 Å². The Morgan fingerprint density at radius 1 is 1.06 bits per heavy atom. The minimum atomic E-state index is 0.0154. The summed E-state index contributed by atoms with van der Waals surface area (Å²) in [5.74, 6) is 1.86. The molecule has 0 radical (unpaired) electrons. The normalized spacial score (nSPS) is 11.7. The van der Waals surface area contributed by atoms with Crippen molar-refractivity contribution in [3.05, 3.63) is 47.5 Å². The summed E-state index contributed by atoms with van der Waals surface area (Å²) in [5, 5.41) is 7.29. The quantitative estimate of drug-likeness (QED) is 0.879. The number of hydrogen-bond donors (Lipinski definition) is 1. The molecule has 0 bridgehead atoms. The molecule has 90 valence electrons. The summed E-state index contributed by atoms with van der Waals surface area (Å²) >= 11 is 0. The van der Waals surface area contributed by atoms with Crippen molar-refractivity contribution in [2.24, 2.45) is 0 Å². The zero-order valence-corrected chi connectivity index (χ0v) is 10.7. The fourth-order valence-corrected chi connectivity index (χ4v) is 1.65. The maximum atomic E-state index is 4.53. The number of nitrogens with zero attached hydrogens (tertiary/aromatic N) is 2. The first kappa shape index (κ1) is 11.8. The lowest BCUT2D eigenvalue weighted by molar-refractivity contribution is 0.547. The Morgan fingerprint density at radius 3 is 2.35 bits per heavy atom. The molecule has 17 heavy (non-hydrogen) atoms. The third-order valence-corrected chi connectivity index (χ3v) is 2.70. The molecule has 0 aliphatic rings. The van der Waals surface area contributed by atoms with E-state index in [1.165, 1.54) is 5.56 Å². The zero-order valence-electron chi connectivity index (χ0n) is 10.7. The van der Waals surface area contributed by atoms with Crippen molar-refractivity contribution in [2.45, 2.75) is 39.0 Å². The van der Waals surface area contributed by atoms with Crippen LogP contribution < -0.4 is 0 Å². The maximum Gasteiger partial charge on any atom is 0.155 e. The molecule has 1 aromatic carbocycles. The fraction of sp³-hybridized carbons (Fsp3) is 0.429. The van der Waals surface area contributed by atoms with Gasteiger partial charge >= 0.3 is 0 Å².